The zero-order valence-corrected chi connectivity index (χ0v) is 12.7. The van der Waals surface area contributed by atoms with Crippen molar-refractivity contribution in [3.05, 3.63) is 58.6 Å². The molecule has 1 atom stereocenters. The van der Waals surface area contributed by atoms with Gasteiger partial charge in [0, 0.05) is 24.6 Å². The van der Waals surface area contributed by atoms with Gasteiger partial charge in [-0.2, -0.15) is 0 Å². The van der Waals surface area contributed by atoms with Crippen molar-refractivity contribution < 1.29 is 9.47 Å². The van der Waals surface area contributed by atoms with E-state index in [0.29, 0.717) is 16.8 Å². The summed E-state index contributed by atoms with van der Waals surface area (Å²) in [4.78, 5) is 0. The van der Waals surface area contributed by atoms with E-state index in [-0.39, 0.29) is 0 Å². The number of benzene rings is 2. The molecule has 110 valence electrons. The minimum Gasteiger partial charge on any atom is -0.495 e. The lowest BCUT2D eigenvalue weighted by molar-refractivity contribution is 0.252. The van der Waals surface area contributed by atoms with Gasteiger partial charge in [0.05, 0.1) is 18.7 Å². The van der Waals surface area contributed by atoms with Crippen LogP contribution in [0.3, 0.4) is 0 Å². The summed E-state index contributed by atoms with van der Waals surface area (Å²) < 4.78 is 10.8. The van der Waals surface area contributed by atoms with E-state index in [4.69, 9.17) is 21.1 Å². The number of methoxy groups -OCH3 is 1. The van der Waals surface area contributed by atoms with Crippen molar-refractivity contribution in [2.24, 2.45) is 0 Å². The van der Waals surface area contributed by atoms with Crippen LogP contribution in [0.2, 0.25) is 5.02 Å². The first-order valence-corrected chi connectivity index (χ1v) is 7.43. The molecule has 3 nitrogen and oxygen atoms in total. The third kappa shape index (κ3) is 3.14. The van der Waals surface area contributed by atoms with E-state index >= 15 is 0 Å². The van der Waals surface area contributed by atoms with Gasteiger partial charge in [0.2, 0.25) is 0 Å². The van der Waals surface area contributed by atoms with Crippen LogP contribution < -0.4 is 14.8 Å². The quantitative estimate of drug-likeness (QED) is 0.927. The fourth-order valence-electron chi connectivity index (χ4n) is 2.62. The summed E-state index contributed by atoms with van der Waals surface area (Å²) in [5.41, 5.74) is 2.37. The fraction of sp³-hybridized carbons (Fsp3) is 0.294. The maximum absolute atomic E-state index is 6.16. The van der Waals surface area contributed by atoms with Gasteiger partial charge in [-0.05, 0) is 23.8 Å². The van der Waals surface area contributed by atoms with Crippen LogP contribution in [0.1, 0.15) is 23.6 Å². The molecule has 0 bridgehead atoms. The molecule has 3 rings (SSSR count). The molecule has 0 amide bonds. The molecule has 0 saturated carbocycles. The molecule has 0 aliphatic carbocycles. The van der Waals surface area contributed by atoms with E-state index in [1.807, 2.05) is 36.4 Å². The van der Waals surface area contributed by atoms with Crippen LogP contribution in [0.25, 0.3) is 0 Å². The molecule has 0 radical (unpaired) electrons. The van der Waals surface area contributed by atoms with Gasteiger partial charge in [-0.25, -0.2) is 0 Å². The van der Waals surface area contributed by atoms with Crippen LogP contribution in [-0.2, 0) is 6.54 Å². The predicted octanol–water partition coefficient (Wildman–Crippen LogP) is 3.96. The van der Waals surface area contributed by atoms with Crippen LogP contribution in [-0.4, -0.2) is 13.7 Å². The molecule has 4 heteroatoms. The second-order valence-corrected chi connectivity index (χ2v) is 5.48. The molecule has 2 aromatic rings. The number of para-hydroxylation sites is 1. The Hall–Kier alpha value is -1.71. The minimum absolute atomic E-state index is 0.316. The van der Waals surface area contributed by atoms with E-state index in [9.17, 15) is 0 Å². The highest BCUT2D eigenvalue weighted by molar-refractivity contribution is 6.32. The van der Waals surface area contributed by atoms with Crippen molar-refractivity contribution in [1.82, 2.24) is 5.32 Å². The van der Waals surface area contributed by atoms with Crippen LogP contribution in [0.5, 0.6) is 11.5 Å². The lowest BCUT2D eigenvalue weighted by Gasteiger charge is -2.26. The van der Waals surface area contributed by atoms with Crippen molar-refractivity contribution in [2.75, 3.05) is 13.7 Å². The summed E-state index contributed by atoms with van der Waals surface area (Å²) >= 11 is 6.16. The Morgan fingerprint density at radius 3 is 2.95 bits per heavy atom. The molecule has 1 N–H and O–H groups in total. The lowest BCUT2D eigenvalue weighted by Crippen LogP contribution is -2.26. The summed E-state index contributed by atoms with van der Waals surface area (Å²) in [7, 11) is 1.62. The Balaban J connectivity index is 1.70. The van der Waals surface area contributed by atoms with Crippen molar-refractivity contribution in [3.8, 4) is 11.5 Å². The standard InChI is InChI=1S/C17H18ClNO2/c1-20-17-7-6-12(10-14(17)18)11-19-15-8-9-21-16-5-3-2-4-13(15)16/h2-7,10,15,19H,8-9,11H2,1H3. The van der Waals surface area contributed by atoms with Gasteiger partial charge in [-0.3, -0.25) is 0 Å². The zero-order chi connectivity index (χ0) is 14.7. The fourth-order valence-corrected chi connectivity index (χ4v) is 2.90. The Kier molecular flexibility index (Phi) is 4.32. The van der Waals surface area contributed by atoms with Crippen molar-refractivity contribution in [3.63, 3.8) is 0 Å². The summed E-state index contributed by atoms with van der Waals surface area (Å²) in [6, 6.07) is 14.4. The number of halogens is 1. The Labute approximate surface area is 129 Å². The summed E-state index contributed by atoms with van der Waals surface area (Å²) in [5, 5.41) is 4.22. The molecular formula is C17H18ClNO2. The second kappa shape index (κ2) is 6.37. The Bertz CT molecular complexity index is 630. The topological polar surface area (TPSA) is 30.5 Å². The van der Waals surface area contributed by atoms with Gasteiger partial charge in [0.1, 0.15) is 11.5 Å². The van der Waals surface area contributed by atoms with E-state index in [1.54, 1.807) is 7.11 Å². The average Bonchev–Trinajstić information content (AvgIpc) is 2.53. The van der Waals surface area contributed by atoms with Crippen LogP contribution >= 0.6 is 11.6 Å². The molecule has 1 aliphatic heterocycles. The molecule has 1 heterocycles. The first-order chi connectivity index (χ1) is 10.3. The molecule has 1 aliphatic rings. The molecule has 21 heavy (non-hydrogen) atoms. The number of rotatable bonds is 4. The second-order valence-electron chi connectivity index (χ2n) is 5.08. The summed E-state index contributed by atoms with van der Waals surface area (Å²) in [6.45, 7) is 1.51. The highest BCUT2D eigenvalue weighted by Crippen LogP contribution is 2.32. The van der Waals surface area contributed by atoms with Crippen LogP contribution in [0.4, 0.5) is 0 Å². The molecule has 0 saturated heterocycles. The van der Waals surface area contributed by atoms with Crippen LogP contribution in [0, 0.1) is 0 Å². The molecular weight excluding hydrogens is 286 g/mol. The third-order valence-corrected chi connectivity index (χ3v) is 4.02. The molecule has 0 fully saturated rings. The first kappa shape index (κ1) is 14.2. The van der Waals surface area contributed by atoms with Crippen LogP contribution in [0.15, 0.2) is 42.5 Å². The normalized spacial score (nSPS) is 17.0. The van der Waals surface area contributed by atoms with Crippen molar-refractivity contribution in [2.45, 2.75) is 19.0 Å². The molecule has 2 aromatic carbocycles. The van der Waals surface area contributed by atoms with Gasteiger partial charge in [0.25, 0.3) is 0 Å². The molecule has 1 unspecified atom stereocenters. The van der Waals surface area contributed by atoms with Gasteiger partial charge in [-0.1, -0.05) is 35.9 Å². The van der Waals surface area contributed by atoms with Gasteiger partial charge >= 0.3 is 0 Å². The predicted molar refractivity (Wildman–Crippen MR) is 84.1 cm³/mol. The lowest BCUT2D eigenvalue weighted by atomic mass is 10.0. The number of hydrogen-bond donors (Lipinski definition) is 1. The van der Waals surface area contributed by atoms with E-state index in [1.165, 1.54) is 5.56 Å². The smallest absolute Gasteiger partial charge is 0.137 e. The van der Waals surface area contributed by atoms with E-state index in [0.717, 1.165) is 30.9 Å². The first-order valence-electron chi connectivity index (χ1n) is 7.05. The Morgan fingerprint density at radius 1 is 1.29 bits per heavy atom. The number of fused-ring (bicyclic) bond motifs is 1. The van der Waals surface area contributed by atoms with E-state index in [2.05, 4.69) is 11.4 Å². The number of ether oxygens (including phenoxy) is 2. The minimum atomic E-state index is 0.316. The SMILES string of the molecule is COc1ccc(CNC2CCOc3ccccc32)cc1Cl. The van der Waals surface area contributed by atoms with Gasteiger partial charge < -0.3 is 14.8 Å². The highest BCUT2D eigenvalue weighted by atomic mass is 35.5. The maximum Gasteiger partial charge on any atom is 0.137 e. The largest absolute Gasteiger partial charge is 0.495 e. The van der Waals surface area contributed by atoms with Gasteiger partial charge in [-0.15, -0.1) is 0 Å². The average molecular weight is 304 g/mol. The van der Waals surface area contributed by atoms with Gasteiger partial charge in [0.15, 0.2) is 0 Å². The molecule has 0 spiro atoms. The van der Waals surface area contributed by atoms with Crippen molar-refractivity contribution >= 4 is 11.6 Å². The van der Waals surface area contributed by atoms with Crippen molar-refractivity contribution in [1.29, 1.82) is 0 Å². The zero-order valence-electron chi connectivity index (χ0n) is 11.9. The number of hydrogen-bond acceptors (Lipinski definition) is 3. The monoisotopic (exact) mass is 303 g/mol. The maximum atomic E-state index is 6.16. The summed E-state index contributed by atoms with van der Waals surface area (Å²) in [5.74, 6) is 1.69. The van der Waals surface area contributed by atoms with E-state index < -0.39 is 0 Å². The Morgan fingerprint density at radius 2 is 2.14 bits per heavy atom. The highest BCUT2D eigenvalue weighted by Gasteiger charge is 2.20. The molecule has 0 aromatic heterocycles. The summed E-state index contributed by atoms with van der Waals surface area (Å²) in [6.07, 6.45) is 0.973. The number of nitrogens with one attached hydrogen (secondary N) is 1. The third-order valence-electron chi connectivity index (χ3n) is 3.73.